The van der Waals surface area contributed by atoms with E-state index in [0.29, 0.717) is 5.75 Å². The lowest BCUT2D eigenvalue weighted by molar-refractivity contribution is -0.116. The molecule has 7 nitrogen and oxygen atoms in total. The molecule has 2 rings (SSSR count). The summed E-state index contributed by atoms with van der Waals surface area (Å²) in [6.45, 7) is 0.183. The molecule has 0 unspecified atom stereocenters. The quantitative estimate of drug-likeness (QED) is 0.431. The van der Waals surface area contributed by atoms with E-state index in [1.807, 2.05) is 0 Å². The van der Waals surface area contributed by atoms with Crippen molar-refractivity contribution in [2.45, 2.75) is 6.43 Å². The maximum atomic E-state index is 13.0. The number of alkyl halides is 2. The summed E-state index contributed by atoms with van der Waals surface area (Å²) in [5, 5.41) is 16.1. The molecule has 0 atom stereocenters. The van der Waals surface area contributed by atoms with Crippen molar-refractivity contribution in [3.63, 3.8) is 0 Å². The van der Waals surface area contributed by atoms with E-state index in [1.54, 1.807) is 6.07 Å². The van der Waals surface area contributed by atoms with Gasteiger partial charge < -0.3 is 19.9 Å². The second kappa shape index (κ2) is 8.62. The topological polar surface area (TPSA) is 101 Å². The fraction of sp³-hybridized carbons (Fsp3) is 0.200. The molecule has 0 bridgehead atoms. The number of halogens is 3. The van der Waals surface area contributed by atoms with Crippen LogP contribution in [-0.2, 0) is 4.79 Å². The van der Waals surface area contributed by atoms with E-state index in [4.69, 9.17) is 10.1 Å². The minimum absolute atomic E-state index is 0.0824. The van der Waals surface area contributed by atoms with Gasteiger partial charge in [-0.2, -0.15) is 8.78 Å². The Morgan fingerprint density at radius 3 is 2.84 bits per heavy atom. The predicted molar refractivity (Wildman–Crippen MR) is 80.9 cm³/mol. The van der Waals surface area contributed by atoms with Gasteiger partial charge in [0.25, 0.3) is 5.89 Å². The van der Waals surface area contributed by atoms with E-state index in [9.17, 15) is 18.0 Å². The lowest BCUT2D eigenvalue weighted by Crippen LogP contribution is -2.26. The number of carbonyl (C=O) groups is 1. The normalized spacial score (nSPS) is 11.4. The van der Waals surface area contributed by atoms with Gasteiger partial charge in [-0.3, -0.25) is 4.79 Å². The van der Waals surface area contributed by atoms with Gasteiger partial charge in [0.15, 0.2) is 0 Å². The van der Waals surface area contributed by atoms with Crippen LogP contribution in [0.1, 0.15) is 18.2 Å². The molecule has 132 valence electrons. The minimum Gasteiger partial charge on any atom is -0.492 e. The molecular weight excluding hydrogens is 341 g/mol. The van der Waals surface area contributed by atoms with E-state index < -0.39 is 24.0 Å². The molecular formula is C15H13F3N4O3. The lowest BCUT2D eigenvalue weighted by Gasteiger charge is -2.06. The highest BCUT2D eigenvalue weighted by Crippen LogP contribution is 2.19. The monoisotopic (exact) mass is 354 g/mol. The number of carbonyl (C=O) groups excluding carboxylic acids is 1. The van der Waals surface area contributed by atoms with Crippen molar-refractivity contribution < 1.29 is 27.1 Å². The summed E-state index contributed by atoms with van der Waals surface area (Å²) in [7, 11) is 0. The number of allylic oxidation sites excluding steroid dienone is 1. The summed E-state index contributed by atoms with van der Waals surface area (Å²) in [4.78, 5) is 11.7. The predicted octanol–water partition coefficient (Wildman–Crippen LogP) is 2.37. The molecule has 1 aromatic carbocycles. The molecule has 0 aliphatic heterocycles. The first-order valence-electron chi connectivity index (χ1n) is 7.00. The summed E-state index contributed by atoms with van der Waals surface area (Å²) in [5.74, 6) is -2.00. The van der Waals surface area contributed by atoms with Crippen LogP contribution >= 0.6 is 0 Å². The maximum absolute atomic E-state index is 13.0. The Morgan fingerprint density at radius 2 is 2.20 bits per heavy atom. The summed E-state index contributed by atoms with van der Waals surface area (Å²) >= 11 is 0. The molecule has 0 aliphatic carbocycles. The van der Waals surface area contributed by atoms with E-state index in [1.165, 1.54) is 18.2 Å². The maximum Gasteiger partial charge on any atom is 0.314 e. The van der Waals surface area contributed by atoms with Crippen LogP contribution in [0.3, 0.4) is 0 Å². The smallest absolute Gasteiger partial charge is 0.314 e. The molecule has 0 saturated heterocycles. The van der Waals surface area contributed by atoms with Crippen molar-refractivity contribution in [3.8, 4) is 5.75 Å². The Labute approximate surface area is 140 Å². The van der Waals surface area contributed by atoms with Crippen molar-refractivity contribution in [1.82, 2.24) is 15.5 Å². The van der Waals surface area contributed by atoms with Crippen LogP contribution in [-0.4, -0.2) is 35.5 Å². The second-order valence-electron chi connectivity index (χ2n) is 4.59. The molecule has 1 heterocycles. The van der Waals surface area contributed by atoms with Crippen molar-refractivity contribution in [2.75, 3.05) is 13.2 Å². The number of hydrogen-bond acceptors (Lipinski definition) is 6. The van der Waals surface area contributed by atoms with Crippen molar-refractivity contribution in [3.05, 3.63) is 47.9 Å². The number of ether oxygens (including phenoxy) is 1. The van der Waals surface area contributed by atoms with Gasteiger partial charge in [0.1, 0.15) is 18.2 Å². The largest absolute Gasteiger partial charge is 0.492 e. The Hall–Kier alpha value is -3.17. The third-order valence-electron chi connectivity index (χ3n) is 2.78. The van der Waals surface area contributed by atoms with Crippen LogP contribution in [0.25, 0.3) is 5.57 Å². The van der Waals surface area contributed by atoms with Gasteiger partial charge in [-0.15, -0.1) is 10.2 Å². The van der Waals surface area contributed by atoms with Crippen LogP contribution in [0.5, 0.6) is 5.75 Å². The van der Waals surface area contributed by atoms with E-state index in [-0.39, 0.29) is 24.6 Å². The van der Waals surface area contributed by atoms with Crippen LogP contribution in [0.4, 0.5) is 13.2 Å². The molecule has 0 spiro atoms. The van der Waals surface area contributed by atoms with Crippen molar-refractivity contribution >= 4 is 17.7 Å². The number of nitrogens with one attached hydrogen (secondary N) is 2. The zero-order valence-electron chi connectivity index (χ0n) is 12.7. The van der Waals surface area contributed by atoms with Gasteiger partial charge in [-0.1, -0.05) is 6.07 Å². The molecule has 0 saturated carbocycles. The van der Waals surface area contributed by atoms with Crippen molar-refractivity contribution in [1.29, 1.82) is 5.41 Å². The zero-order chi connectivity index (χ0) is 18.2. The molecule has 10 heteroatoms. The van der Waals surface area contributed by atoms with Crippen molar-refractivity contribution in [2.24, 2.45) is 0 Å². The average Bonchev–Trinajstić information content (AvgIpc) is 3.07. The Morgan fingerprint density at radius 1 is 1.40 bits per heavy atom. The third-order valence-corrected chi connectivity index (χ3v) is 2.78. The van der Waals surface area contributed by atoms with Gasteiger partial charge in [0.2, 0.25) is 11.8 Å². The molecule has 2 N–H and O–H groups in total. The molecule has 0 fully saturated rings. The third kappa shape index (κ3) is 5.44. The first-order chi connectivity index (χ1) is 12.0. The number of rotatable bonds is 8. The SMILES string of the molecule is N=C/C(=C\C(=O)NCCOc1cccc(F)c1)c1nnc(C(F)F)o1. The summed E-state index contributed by atoms with van der Waals surface area (Å²) in [5.41, 5.74) is -0.122. The van der Waals surface area contributed by atoms with Gasteiger partial charge >= 0.3 is 6.43 Å². The molecule has 1 aromatic heterocycles. The first kappa shape index (κ1) is 18.2. The fourth-order valence-corrected chi connectivity index (χ4v) is 1.70. The van der Waals surface area contributed by atoms with Crippen LogP contribution < -0.4 is 10.1 Å². The Balaban J connectivity index is 1.86. The average molecular weight is 354 g/mol. The number of amides is 1. The van der Waals surface area contributed by atoms with Gasteiger partial charge in [0.05, 0.1) is 12.1 Å². The van der Waals surface area contributed by atoms with Crippen LogP contribution in [0.15, 0.2) is 34.8 Å². The van der Waals surface area contributed by atoms with E-state index in [2.05, 4.69) is 19.9 Å². The molecule has 25 heavy (non-hydrogen) atoms. The zero-order valence-corrected chi connectivity index (χ0v) is 12.7. The van der Waals surface area contributed by atoms with E-state index in [0.717, 1.165) is 12.3 Å². The van der Waals surface area contributed by atoms with Crippen LogP contribution in [0.2, 0.25) is 0 Å². The molecule has 1 amide bonds. The Bertz CT molecular complexity index is 777. The number of hydrogen-bond donors (Lipinski definition) is 2. The number of benzene rings is 1. The Kier molecular flexibility index (Phi) is 6.26. The minimum atomic E-state index is -2.94. The molecule has 0 radical (unpaired) electrons. The summed E-state index contributed by atoms with van der Waals surface area (Å²) in [6, 6.07) is 5.52. The summed E-state index contributed by atoms with van der Waals surface area (Å²) in [6.07, 6.45) is -1.26. The fourth-order valence-electron chi connectivity index (χ4n) is 1.70. The first-order valence-corrected chi connectivity index (χ1v) is 7.00. The van der Waals surface area contributed by atoms with Gasteiger partial charge in [0, 0.05) is 18.4 Å². The number of aromatic nitrogens is 2. The van der Waals surface area contributed by atoms with Gasteiger partial charge in [-0.25, -0.2) is 4.39 Å². The molecule has 0 aliphatic rings. The second-order valence-corrected chi connectivity index (χ2v) is 4.59. The standard InChI is InChI=1S/C15H13F3N4O3/c16-10-2-1-3-11(7-10)24-5-4-20-12(23)6-9(8-19)14-21-22-15(25-14)13(17)18/h1-3,6-8,13,19H,4-5H2,(H,20,23)/b9-6+,19-8?. The highest BCUT2D eigenvalue weighted by molar-refractivity contribution is 6.13. The molecule has 2 aromatic rings. The van der Waals surface area contributed by atoms with E-state index >= 15 is 0 Å². The van der Waals surface area contributed by atoms with Gasteiger partial charge in [-0.05, 0) is 12.1 Å². The lowest BCUT2D eigenvalue weighted by atomic mass is 10.2. The van der Waals surface area contributed by atoms with Crippen LogP contribution in [0, 0.1) is 11.2 Å². The highest BCUT2D eigenvalue weighted by Gasteiger charge is 2.18. The summed E-state index contributed by atoms with van der Waals surface area (Å²) < 4.78 is 47.6. The highest BCUT2D eigenvalue weighted by atomic mass is 19.3. The number of nitrogens with zero attached hydrogens (tertiary/aromatic N) is 2.